The molecule has 0 radical (unpaired) electrons. The summed E-state index contributed by atoms with van der Waals surface area (Å²) in [4.78, 5) is 0. The molecular weight excluding hydrogens is 287 g/mol. The summed E-state index contributed by atoms with van der Waals surface area (Å²) >= 11 is 1.85. The molecule has 0 aromatic heterocycles. The smallest absolute Gasteiger partial charge is 0.375 e. The number of ether oxygens (including phenoxy) is 1. The second-order valence-electron chi connectivity index (χ2n) is 4.78. The normalized spacial score (nSPS) is 21.7. The molecule has 2 rings (SSSR count). The van der Waals surface area contributed by atoms with Crippen molar-refractivity contribution in [2.24, 2.45) is 0 Å². The summed E-state index contributed by atoms with van der Waals surface area (Å²) in [6, 6.07) is 5.49. The van der Waals surface area contributed by atoms with E-state index in [-0.39, 0.29) is 12.1 Å². The summed E-state index contributed by atoms with van der Waals surface area (Å²) in [6.07, 6.45) is -3.50. The van der Waals surface area contributed by atoms with E-state index < -0.39 is 11.7 Å². The molecule has 0 aliphatic carbocycles. The van der Waals surface area contributed by atoms with Crippen molar-refractivity contribution in [3.63, 3.8) is 0 Å². The molecule has 2 atom stereocenters. The van der Waals surface area contributed by atoms with Crippen LogP contribution in [0.3, 0.4) is 0 Å². The number of hydrogen-bond acceptors (Lipinski definition) is 3. The lowest BCUT2D eigenvalue weighted by Gasteiger charge is -2.30. The van der Waals surface area contributed by atoms with E-state index >= 15 is 0 Å². The van der Waals surface area contributed by atoms with E-state index in [1.807, 2.05) is 18.8 Å². The highest BCUT2D eigenvalue weighted by Crippen LogP contribution is 2.29. The molecule has 0 bridgehead atoms. The fourth-order valence-corrected chi connectivity index (χ4v) is 3.18. The molecule has 0 spiro atoms. The lowest BCUT2D eigenvalue weighted by Crippen LogP contribution is -2.44. The third-order valence-corrected chi connectivity index (χ3v) is 4.42. The van der Waals surface area contributed by atoms with Gasteiger partial charge in [-0.3, -0.25) is 0 Å². The maximum absolute atomic E-state index is 12.5. The second-order valence-corrected chi connectivity index (χ2v) is 5.93. The van der Waals surface area contributed by atoms with E-state index in [1.54, 1.807) is 12.1 Å². The number of thioether (sulfide) groups is 1. The first-order valence-electron chi connectivity index (χ1n) is 6.53. The molecule has 112 valence electrons. The van der Waals surface area contributed by atoms with Crippen LogP contribution >= 0.6 is 11.8 Å². The number of halogens is 3. The van der Waals surface area contributed by atoms with Crippen molar-refractivity contribution >= 4 is 11.8 Å². The van der Waals surface area contributed by atoms with Gasteiger partial charge in [0.1, 0.15) is 0 Å². The highest BCUT2D eigenvalue weighted by molar-refractivity contribution is 7.99. The van der Waals surface area contributed by atoms with Gasteiger partial charge in [-0.05, 0) is 31.2 Å². The third-order valence-electron chi connectivity index (χ3n) is 3.40. The Morgan fingerprint density at radius 1 is 1.35 bits per heavy atom. The van der Waals surface area contributed by atoms with Crippen LogP contribution in [0, 0.1) is 0 Å². The van der Waals surface area contributed by atoms with Gasteiger partial charge in [-0.2, -0.15) is 24.9 Å². The molecule has 1 aromatic carbocycles. The van der Waals surface area contributed by atoms with Gasteiger partial charge in [0.2, 0.25) is 0 Å². The van der Waals surface area contributed by atoms with Crippen LogP contribution in [-0.4, -0.2) is 37.3 Å². The van der Waals surface area contributed by atoms with Crippen molar-refractivity contribution in [2.45, 2.75) is 24.7 Å². The molecule has 1 fully saturated rings. The maximum Gasteiger partial charge on any atom is 0.416 e. The Kier molecular flexibility index (Phi) is 5.35. The standard InChI is InChI=1S/C14H18F3NOS/c1-18-12(13-9-20-7-6-19-13)8-10-2-4-11(5-3-10)14(15,16)17/h2-5,12-13,18H,6-9H2,1H3. The first kappa shape index (κ1) is 15.7. The van der Waals surface area contributed by atoms with Crippen molar-refractivity contribution in [3.05, 3.63) is 35.4 Å². The Hall–Kier alpha value is -0.720. The number of benzene rings is 1. The topological polar surface area (TPSA) is 21.3 Å². The third kappa shape index (κ3) is 4.14. The molecule has 1 heterocycles. The van der Waals surface area contributed by atoms with Crippen molar-refractivity contribution in [2.75, 3.05) is 25.2 Å². The number of nitrogens with one attached hydrogen (secondary N) is 1. The van der Waals surface area contributed by atoms with E-state index in [0.717, 1.165) is 35.8 Å². The van der Waals surface area contributed by atoms with E-state index in [1.165, 1.54) is 0 Å². The Balaban J connectivity index is 2.00. The molecule has 2 unspecified atom stereocenters. The van der Waals surface area contributed by atoms with Gasteiger partial charge in [0.25, 0.3) is 0 Å². The summed E-state index contributed by atoms with van der Waals surface area (Å²) < 4.78 is 43.2. The SMILES string of the molecule is CNC(Cc1ccc(C(F)(F)F)cc1)C1CSCCO1. The van der Waals surface area contributed by atoms with E-state index in [0.29, 0.717) is 6.42 Å². The van der Waals surface area contributed by atoms with Gasteiger partial charge in [0, 0.05) is 17.5 Å². The minimum Gasteiger partial charge on any atom is -0.375 e. The lowest BCUT2D eigenvalue weighted by molar-refractivity contribution is -0.137. The summed E-state index contributed by atoms with van der Waals surface area (Å²) in [6.45, 7) is 0.737. The molecule has 1 aromatic rings. The summed E-state index contributed by atoms with van der Waals surface area (Å²) in [5, 5.41) is 3.20. The molecule has 1 saturated heterocycles. The molecular formula is C14H18F3NOS. The summed E-state index contributed by atoms with van der Waals surface area (Å²) in [5.41, 5.74) is 0.281. The molecule has 0 saturated carbocycles. The Morgan fingerprint density at radius 2 is 2.05 bits per heavy atom. The van der Waals surface area contributed by atoms with Gasteiger partial charge in [-0.1, -0.05) is 12.1 Å². The van der Waals surface area contributed by atoms with Crippen LogP contribution < -0.4 is 5.32 Å². The van der Waals surface area contributed by atoms with Crippen LogP contribution in [0.15, 0.2) is 24.3 Å². The van der Waals surface area contributed by atoms with E-state index in [9.17, 15) is 13.2 Å². The van der Waals surface area contributed by atoms with Gasteiger partial charge >= 0.3 is 6.18 Å². The van der Waals surface area contributed by atoms with Crippen molar-refractivity contribution in [1.29, 1.82) is 0 Å². The first-order chi connectivity index (χ1) is 9.50. The van der Waals surface area contributed by atoms with E-state index in [4.69, 9.17) is 4.74 Å². The quantitative estimate of drug-likeness (QED) is 0.924. The minimum atomic E-state index is -4.27. The molecule has 1 aliphatic rings. The average molecular weight is 305 g/mol. The number of alkyl halides is 3. The highest BCUT2D eigenvalue weighted by atomic mass is 32.2. The largest absolute Gasteiger partial charge is 0.416 e. The van der Waals surface area contributed by atoms with Crippen LogP contribution in [0.4, 0.5) is 13.2 Å². The predicted molar refractivity (Wildman–Crippen MR) is 75.1 cm³/mol. The zero-order chi connectivity index (χ0) is 14.6. The number of rotatable bonds is 4. The molecule has 1 aliphatic heterocycles. The number of likely N-dealkylation sites (N-methyl/N-ethyl adjacent to an activating group) is 1. The van der Waals surface area contributed by atoms with Crippen molar-refractivity contribution < 1.29 is 17.9 Å². The fourth-order valence-electron chi connectivity index (χ4n) is 2.24. The van der Waals surface area contributed by atoms with Crippen LogP contribution in [0.2, 0.25) is 0 Å². The summed E-state index contributed by atoms with van der Waals surface area (Å²) in [5.74, 6) is 1.93. The first-order valence-corrected chi connectivity index (χ1v) is 7.69. The Bertz CT molecular complexity index is 415. The molecule has 2 nitrogen and oxygen atoms in total. The minimum absolute atomic E-state index is 0.112. The monoisotopic (exact) mass is 305 g/mol. The van der Waals surface area contributed by atoms with E-state index in [2.05, 4.69) is 5.32 Å². The second kappa shape index (κ2) is 6.83. The fraction of sp³-hybridized carbons (Fsp3) is 0.571. The maximum atomic E-state index is 12.5. The Labute approximate surface area is 121 Å². The molecule has 0 amide bonds. The summed E-state index contributed by atoms with van der Waals surface area (Å²) in [7, 11) is 1.86. The molecule has 20 heavy (non-hydrogen) atoms. The lowest BCUT2D eigenvalue weighted by atomic mass is 10.0. The van der Waals surface area contributed by atoms with Crippen molar-refractivity contribution in [3.8, 4) is 0 Å². The molecule has 6 heteroatoms. The number of hydrogen-bond donors (Lipinski definition) is 1. The van der Waals surface area contributed by atoms with Gasteiger partial charge in [0.15, 0.2) is 0 Å². The highest BCUT2D eigenvalue weighted by Gasteiger charge is 2.30. The zero-order valence-corrected chi connectivity index (χ0v) is 12.1. The average Bonchev–Trinajstić information content (AvgIpc) is 2.45. The predicted octanol–water partition coefficient (Wildman–Crippen LogP) is 2.97. The van der Waals surface area contributed by atoms with Crippen LogP contribution in [0.5, 0.6) is 0 Å². The van der Waals surface area contributed by atoms with Gasteiger partial charge in [-0.25, -0.2) is 0 Å². The zero-order valence-electron chi connectivity index (χ0n) is 11.2. The Morgan fingerprint density at radius 3 is 2.55 bits per heavy atom. The van der Waals surface area contributed by atoms with Gasteiger partial charge < -0.3 is 10.1 Å². The van der Waals surface area contributed by atoms with Crippen LogP contribution in [-0.2, 0) is 17.3 Å². The van der Waals surface area contributed by atoms with Gasteiger partial charge in [0.05, 0.1) is 18.3 Å². The van der Waals surface area contributed by atoms with Crippen LogP contribution in [0.1, 0.15) is 11.1 Å². The van der Waals surface area contributed by atoms with Crippen LogP contribution in [0.25, 0.3) is 0 Å². The van der Waals surface area contributed by atoms with Gasteiger partial charge in [-0.15, -0.1) is 0 Å². The van der Waals surface area contributed by atoms with Crippen molar-refractivity contribution in [1.82, 2.24) is 5.32 Å². The molecule has 1 N–H and O–H groups in total.